The molecule has 1 saturated heterocycles. The maximum Gasteiger partial charge on any atom is 0.359 e. The number of nitrogens with zero attached hydrogens (tertiary/aromatic N) is 2. The van der Waals surface area contributed by atoms with Gasteiger partial charge in [-0.2, -0.15) is 4.98 Å². The monoisotopic (exact) mass is 501 g/mol. The predicted molar refractivity (Wildman–Crippen MR) is 125 cm³/mol. The first-order valence-electron chi connectivity index (χ1n) is 11.7. The van der Waals surface area contributed by atoms with Gasteiger partial charge in [0.1, 0.15) is 17.9 Å². The van der Waals surface area contributed by atoms with Crippen LogP contribution in [0.5, 0.6) is 0 Å². The van der Waals surface area contributed by atoms with Crippen LogP contribution in [-0.2, 0) is 13.8 Å². The van der Waals surface area contributed by atoms with Crippen LogP contribution in [0.4, 0.5) is 0 Å². The van der Waals surface area contributed by atoms with E-state index in [-0.39, 0.29) is 19.3 Å². The molecule has 1 aliphatic rings. The van der Waals surface area contributed by atoms with Gasteiger partial charge in [0.2, 0.25) is 0 Å². The highest BCUT2D eigenvalue weighted by Crippen LogP contribution is 2.61. The van der Waals surface area contributed by atoms with Crippen LogP contribution in [0.3, 0.4) is 0 Å². The molecule has 192 valence electrons. The zero-order valence-electron chi connectivity index (χ0n) is 20.3. The van der Waals surface area contributed by atoms with Crippen molar-refractivity contribution in [1.29, 1.82) is 0 Å². The van der Waals surface area contributed by atoms with Gasteiger partial charge in [0, 0.05) is 23.7 Å². The largest absolute Gasteiger partial charge is 0.388 e. The lowest BCUT2D eigenvalue weighted by molar-refractivity contribution is -0.0780. The first-order chi connectivity index (χ1) is 15.9. The molecule has 0 spiro atoms. The molecule has 0 aliphatic carbocycles. The Balaban J connectivity index is 1.89. The minimum Gasteiger partial charge on any atom is -0.388 e. The van der Waals surface area contributed by atoms with E-state index in [1.54, 1.807) is 33.8 Å². The summed E-state index contributed by atoms with van der Waals surface area (Å²) in [5.74, 6) is 0. The maximum absolute atomic E-state index is 13.1. The van der Waals surface area contributed by atoms with Crippen molar-refractivity contribution in [3.05, 3.63) is 28.4 Å². The van der Waals surface area contributed by atoms with Crippen LogP contribution in [0, 0.1) is 6.92 Å². The lowest BCUT2D eigenvalue weighted by Crippen LogP contribution is -2.42. The topological polar surface area (TPSA) is 167 Å². The quantitative estimate of drug-likeness (QED) is 0.307. The standard InChI is InChI=1S/C22H36N3O8P/c1-6-21(7-2,33-34(30,31)22(29,8-3)9-4)11-15-16(26)17(27)19(32-15)25-12-14-10-13(5)23-18(14)24-20(25)28/h10,12,15-17,19,26-27,29H,6-9,11H2,1-5H3,(H,30,31)(H,23,24,28)/t15-,16-,17-,19-/m1/s1. The van der Waals surface area contributed by atoms with E-state index in [0.717, 1.165) is 10.3 Å². The third kappa shape index (κ3) is 4.75. The van der Waals surface area contributed by atoms with E-state index in [9.17, 15) is 29.6 Å². The molecule has 11 nitrogen and oxygen atoms in total. The third-order valence-electron chi connectivity index (χ3n) is 7.12. The molecule has 2 aromatic rings. The number of hydrogen-bond donors (Lipinski definition) is 5. The van der Waals surface area contributed by atoms with Crippen molar-refractivity contribution in [1.82, 2.24) is 14.5 Å². The van der Waals surface area contributed by atoms with Crippen molar-refractivity contribution >= 4 is 18.6 Å². The second-order valence-electron chi connectivity index (χ2n) is 9.13. The van der Waals surface area contributed by atoms with Crippen LogP contribution in [-0.4, -0.2) is 64.0 Å². The number of aliphatic hydroxyl groups is 3. The molecule has 5 N–H and O–H groups in total. The molecule has 0 saturated carbocycles. The van der Waals surface area contributed by atoms with E-state index in [2.05, 4.69) is 9.97 Å². The molecule has 1 aliphatic heterocycles. The molecular formula is C22H36N3O8P. The number of aromatic nitrogens is 3. The lowest BCUT2D eigenvalue weighted by atomic mass is 9.88. The van der Waals surface area contributed by atoms with Crippen molar-refractivity contribution in [2.75, 3.05) is 0 Å². The van der Waals surface area contributed by atoms with Gasteiger partial charge in [-0.25, -0.2) is 4.79 Å². The van der Waals surface area contributed by atoms with Crippen molar-refractivity contribution < 1.29 is 34.0 Å². The number of nitrogens with one attached hydrogen (secondary N) is 1. The number of ether oxygens (including phenoxy) is 1. The Labute approximate surface area is 198 Å². The van der Waals surface area contributed by atoms with Gasteiger partial charge in [0.25, 0.3) is 0 Å². The molecule has 0 amide bonds. The number of aryl methyl sites for hydroxylation is 1. The molecule has 0 bridgehead atoms. The number of H-pyrrole nitrogens is 1. The maximum atomic E-state index is 13.1. The fourth-order valence-electron chi connectivity index (χ4n) is 4.52. The van der Waals surface area contributed by atoms with E-state index >= 15 is 0 Å². The van der Waals surface area contributed by atoms with Crippen molar-refractivity contribution in [2.24, 2.45) is 0 Å². The van der Waals surface area contributed by atoms with Gasteiger partial charge in [-0.15, -0.1) is 0 Å². The third-order valence-corrected chi connectivity index (χ3v) is 9.44. The van der Waals surface area contributed by atoms with Gasteiger partial charge in [0.05, 0.1) is 11.7 Å². The van der Waals surface area contributed by atoms with Gasteiger partial charge < -0.3 is 29.9 Å². The lowest BCUT2D eigenvalue weighted by Gasteiger charge is -2.40. The fourth-order valence-corrected chi connectivity index (χ4v) is 6.35. The van der Waals surface area contributed by atoms with Crippen LogP contribution in [0.25, 0.3) is 11.0 Å². The Morgan fingerprint density at radius 3 is 2.35 bits per heavy atom. The van der Waals surface area contributed by atoms with Gasteiger partial charge in [-0.05, 0) is 38.7 Å². The molecule has 34 heavy (non-hydrogen) atoms. The highest BCUT2D eigenvalue weighted by molar-refractivity contribution is 7.54. The number of hydrogen-bond acceptors (Lipinski definition) is 8. The zero-order valence-corrected chi connectivity index (χ0v) is 21.2. The average Bonchev–Trinajstić information content (AvgIpc) is 3.29. The van der Waals surface area contributed by atoms with Crippen molar-refractivity contribution in [3.8, 4) is 0 Å². The van der Waals surface area contributed by atoms with Gasteiger partial charge in [0.15, 0.2) is 11.6 Å². The summed E-state index contributed by atoms with van der Waals surface area (Å²) < 4.78 is 25.9. The average molecular weight is 502 g/mol. The summed E-state index contributed by atoms with van der Waals surface area (Å²) in [6.45, 7) is 8.58. The Bertz CT molecular complexity index is 1110. The predicted octanol–water partition coefficient (Wildman–Crippen LogP) is 2.31. The molecule has 5 atom stereocenters. The van der Waals surface area contributed by atoms with E-state index in [4.69, 9.17) is 9.26 Å². The molecule has 12 heteroatoms. The molecular weight excluding hydrogens is 465 g/mol. The minimum atomic E-state index is -4.48. The first kappa shape index (κ1) is 27.0. The Morgan fingerprint density at radius 1 is 1.18 bits per heavy atom. The van der Waals surface area contributed by atoms with Crippen LogP contribution in [0.15, 0.2) is 17.1 Å². The highest BCUT2D eigenvalue weighted by Gasteiger charge is 2.52. The smallest absolute Gasteiger partial charge is 0.359 e. The van der Waals surface area contributed by atoms with E-state index in [1.165, 1.54) is 6.20 Å². The molecule has 0 radical (unpaired) electrons. The SMILES string of the molecule is CCC(CC)(C[C@H]1O[C@@H](n2cc3cc(C)[nH]c3nc2=O)[C@H](O)[C@@H]1O)OP(=O)(O)C(O)(CC)CC. The molecule has 3 rings (SSSR count). The minimum absolute atomic E-state index is 0.0289. The summed E-state index contributed by atoms with van der Waals surface area (Å²) in [7, 11) is -4.48. The van der Waals surface area contributed by atoms with Crippen LogP contribution < -0.4 is 5.69 Å². The molecule has 2 aromatic heterocycles. The number of fused-ring (bicyclic) bond motifs is 1. The van der Waals surface area contributed by atoms with Crippen LogP contribution >= 0.6 is 7.60 Å². The van der Waals surface area contributed by atoms with Gasteiger partial charge >= 0.3 is 13.3 Å². The highest BCUT2D eigenvalue weighted by atomic mass is 31.2. The first-order valence-corrected chi connectivity index (χ1v) is 13.3. The van der Waals surface area contributed by atoms with E-state index < -0.39 is 48.8 Å². The fraction of sp³-hybridized carbons (Fsp3) is 0.727. The van der Waals surface area contributed by atoms with E-state index in [0.29, 0.717) is 23.9 Å². The second kappa shape index (κ2) is 9.81. The normalized spacial score (nSPS) is 25.7. The van der Waals surface area contributed by atoms with Crippen LogP contribution in [0.1, 0.15) is 71.7 Å². The summed E-state index contributed by atoms with van der Waals surface area (Å²) >= 11 is 0. The summed E-state index contributed by atoms with van der Waals surface area (Å²) in [6, 6.07) is 1.79. The molecule has 3 heterocycles. The van der Waals surface area contributed by atoms with Gasteiger partial charge in [-0.3, -0.25) is 13.7 Å². The number of aromatic amines is 1. The summed E-state index contributed by atoms with van der Waals surface area (Å²) in [6.07, 6.45) is -2.89. The number of rotatable bonds is 10. The summed E-state index contributed by atoms with van der Waals surface area (Å²) in [5.41, 5.74) is -0.652. The molecule has 1 unspecified atom stereocenters. The Morgan fingerprint density at radius 2 is 1.79 bits per heavy atom. The van der Waals surface area contributed by atoms with Crippen LogP contribution in [0.2, 0.25) is 0 Å². The number of aliphatic hydroxyl groups excluding tert-OH is 2. The summed E-state index contributed by atoms with van der Waals surface area (Å²) in [5, 5.41) is 30.9. The Hall–Kier alpha value is -1.59. The van der Waals surface area contributed by atoms with Crippen molar-refractivity contribution in [3.63, 3.8) is 0 Å². The second-order valence-corrected chi connectivity index (χ2v) is 11.2. The molecule has 1 fully saturated rings. The van der Waals surface area contributed by atoms with Gasteiger partial charge in [-0.1, -0.05) is 27.7 Å². The Kier molecular flexibility index (Phi) is 7.79. The van der Waals surface area contributed by atoms with Crippen molar-refractivity contribution in [2.45, 2.75) is 102 Å². The molecule has 0 aromatic carbocycles. The zero-order chi connectivity index (χ0) is 25.5. The summed E-state index contributed by atoms with van der Waals surface area (Å²) in [4.78, 5) is 30.2. The van der Waals surface area contributed by atoms with E-state index in [1.807, 2.05) is 6.92 Å².